The predicted molar refractivity (Wildman–Crippen MR) is 120 cm³/mol. The normalized spacial score (nSPS) is 15.1. The molecule has 7 heteroatoms. The number of nitrogens with one attached hydrogen (secondary N) is 1. The van der Waals surface area contributed by atoms with E-state index in [9.17, 15) is 5.26 Å². The average Bonchev–Trinajstić information content (AvgIpc) is 3.25. The van der Waals surface area contributed by atoms with Crippen LogP contribution >= 0.6 is 0 Å². The molecule has 3 aromatic carbocycles. The summed E-state index contributed by atoms with van der Waals surface area (Å²) >= 11 is 0. The number of hydrogen-bond donors (Lipinski definition) is 2. The van der Waals surface area contributed by atoms with Gasteiger partial charge in [0.2, 0.25) is 11.8 Å². The van der Waals surface area contributed by atoms with E-state index in [1.54, 1.807) is 14.2 Å². The van der Waals surface area contributed by atoms with Crippen LogP contribution in [0.3, 0.4) is 0 Å². The van der Waals surface area contributed by atoms with Gasteiger partial charge in [0.05, 0.1) is 31.4 Å². The summed E-state index contributed by atoms with van der Waals surface area (Å²) in [4.78, 5) is 0. The molecular weight excluding hydrogens is 404 g/mol. The summed E-state index contributed by atoms with van der Waals surface area (Å²) in [6.45, 7) is 0. The first-order valence-corrected chi connectivity index (χ1v) is 10.0. The van der Waals surface area contributed by atoms with Crippen molar-refractivity contribution in [3.05, 3.63) is 83.2 Å². The SMILES string of the molecule is COc1ccc(OC)c(-c2[nH]nc3c2C(c2cccc4ccccc24)C(C#N)=C(N)O3)c1. The fourth-order valence-corrected chi connectivity index (χ4v) is 4.27. The summed E-state index contributed by atoms with van der Waals surface area (Å²) in [6.07, 6.45) is 0. The van der Waals surface area contributed by atoms with Gasteiger partial charge in [0, 0.05) is 5.56 Å². The maximum Gasteiger partial charge on any atom is 0.244 e. The summed E-state index contributed by atoms with van der Waals surface area (Å²) in [7, 11) is 3.21. The number of benzene rings is 3. The zero-order chi connectivity index (χ0) is 22.2. The lowest BCUT2D eigenvalue weighted by Crippen LogP contribution is -2.21. The molecule has 1 aliphatic rings. The van der Waals surface area contributed by atoms with Gasteiger partial charge >= 0.3 is 0 Å². The minimum Gasteiger partial charge on any atom is -0.497 e. The number of rotatable bonds is 4. The molecule has 0 spiro atoms. The van der Waals surface area contributed by atoms with Crippen LogP contribution in [-0.4, -0.2) is 24.4 Å². The Morgan fingerprint density at radius 2 is 1.88 bits per heavy atom. The number of allylic oxidation sites excluding steroid dienone is 1. The Balaban J connectivity index is 1.82. The van der Waals surface area contributed by atoms with Gasteiger partial charge in [0.25, 0.3) is 0 Å². The van der Waals surface area contributed by atoms with Gasteiger partial charge in [-0.15, -0.1) is 5.10 Å². The molecule has 0 aliphatic carbocycles. The molecule has 0 bridgehead atoms. The van der Waals surface area contributed by atoms with E-state index in [0.717, 1.165) is 27.5 Å². The smallest absolute Gasteiger partial charge is 0.244 e. The highest BCUT2D eigenvalue weighted by Gasteiger charge is 2.37. The summed E-state index contributed by atoms with van der Waals surface area (Å²) in [5.74, 6) is 1.21. The Labute approximate surface area is 184 Å². The van der Waals surface area contributed by atoms with Crippen LogP contribution in [-0.2, 0) is 0 Å². The Bertz CT molecular complexity index is 1410. The van der Waals surface area contributed by atoms with Crippen molar-refractivity contribution in [1.82, 2.24) is 10.2 Å². The Morgan fingerprint density at radius 1 is 1.06 bits per heavy atom. The van der Waals surface area contributed by atoms with Gasteiger partial charge in [-0.05, 0) is 34.5 Å². The van der Waals surface area contributed by atoms with Crippen molar-refractivity contribution in [2.45, 2.75) is 5.92 Å². The largest absolute Gasteiger partial charge is 0.497 e. The van der Waals surface area contributed by atoms with E-state index in [0.29, 0.717) is 28.6 Å². The maximum absolute atomic E-state index is 10.0. The molecule has 0 saturated carbocycles. The highest BCUT2D eigenvalue weighted by Crippen LogP contribution is 2.48. The maximum atomic E-state index is 10.0. The van der Waals surface area contributed by atoms with E-state index in [1.165, 1.54) is 0 Å². The number of H-pyrrole nitrogens is 1. The molecule has 4 aromatic rings. The van der Waals surface area contributed by atoms with Crippen LogP contribution < -0.4 is 19.9 Å². The molecule has 1 atom stereocenters. The third kappa shape index (κ3) is 2.93. The second kappa shape index (κ2) is 7.67. The van der Waals surface area contributed by atoms with Gasteiger partial charge in [0.1, 0.15) is 23.1 Å². The van der Waals surface area contributed by atoms with Crippen molar-refractivity contribution in [1.29, 1.82) is 5.26 Å². The van der Waals surface area contributed by atoms with E-state index in [-0.39, 0.29) is 5.88 Å². The minimum atomic E-state index is -0.473. The summed E-state index contributed by atoms with van der Waals surface area (Å²) < 4.78 is 16.8. The molecule has 2 heterocycles. The van der Waals surface area contributed by atoms with E-state index < -0.39 is 5.92 Å². The second-order valence-corrected chi connectivity index (χ2v) is 7.38. The molecule has 3 N–H and O–H groups in total. The van der Waals surface area contributed by atoms with Crippen LogP contribution in [0.15, 0.2) is 72.1 Å². The molecule has 1 unspecified atom stereocenters. The molecule has 0 amide bonds. The zero-order valence-corrected chi connectivity index (χ0v) is 17.5. The van der Waals surface area contributed by atoms with Crippen LogP contribution in [0.5, 0.6) is 17.4 Å². The zero-order valence-electron chi connectivity index (χ0n) is 17.5. The number of nitrogens with zero attached hydrogens (tertiary/aromatic N) is 2. The fourth-order valence-electron chi connectivity index (χ4n) is 4.27. The van der Waals surface area contributed by atoms with Crippen LogP contribution in [0.25, 0.3) is 22.0 Å². The Kier molecular flexibility index (Phi) is 4.68. The molecule has 0 saturated heterocycles. The van der Waals surface area contributed by atoms with Crippen molar-refractivity contribution in [2.24, 2.45) is 5.73 Å². The minimum absolute atomic E-state index is 0.0496. The summed E-state index contributed by atoms with van der Waals surface area (Å²) in [5, 5.41) is 19.6. The van der Waals surface area contributed by atoms with Gasteiger partial charge < -0.3 is 19.9 Å². The topological polar surface area (TPSA) is 106 Å². The van der Waals surface area contributed by atoms with E-state index in [4.69, 9.17) is 19.9 Å². The van der Waals surface area contributed by atoms with Crippen LogP contribution in [0.2, 0.25) is 0 Å². The van der Waals surface area contributed by atoms with Crippen molar-refractivity contribution in [3.8, 4) is 34.7 Å². The molecular formula is C25H20N4O3. The molecule has 1 aromatic heterocycles. The van der Waals surface area contributed by atoms with Gasteiger partial charge in [-0.1, -0.05) is 42.5 Å². The van der Waals surface area contributed by atoms with Crippen molar-refractivity contribution in [3.63, 3.8) is 0 Å². The number of ether oxygens (including phenoxy) is 3. The number of nitriles is 1. The third-order valence-electron chi connectivity index (χ3n) is 5.75. The summed E-state index contributed by atoms with van der Waals surface area (Å²) in [5.41, 5.74) is 9.57. The number of nitrogens with two attached hydrogens (primary N) is 1. The van der Waals surface area contributed by atoms with Crippen molar-refractivity contribution >= 4 is 10.8 Å². The molecule has 32 heavy (non-hydrogen) atoms. The van der Waals surface area contributed by atoms with Crippen LogP contribution in [0, 0.1) is 11.3 Å². The Hall–Kier alpha value is -4.44. The second-order valence-electron chi connectivity index (χ2n) is 7.38. The lowest BCUT2D eigenvalue weighted by molar-refractivity contribution is 0.379. The molecule has 7 nitrogen and oxygen atoms in total. The number of hydrogen-bond acceptors (Lipinski definition) is 6. The number of aromatic amines is 1. The third-order valence-corrected chi connectivity index (χ3v) is 5.75. The van der Waals surface area contributed by atoms with E-state index in [1.807, 2.05) is 60.7 Å². The Morgan fingerprint density at radius 3 is 2.66 bits per heavy atom. The first-order chi connectivity index (χ1) is 15.7. The standard InChI is InChI=1S/C25H20N4O3/c1-30-15-10-11-20(31-2)18(12-15)23-22-21(19(13-26)24(27)32-25(22)29-28-23)17-9-5-7-14-6-3-4-8-16(14)17/h3-12,21H,27H2,1-2H3,(H,28,29). The number of aromatic nitrogens is 2. The predicted octanol–water partition coefficient (Wildman–Crippen LogP) is 4.47. The van der Waals surface area contributed by atoms with Crippen molar-refractivity contribution < 1.29 is 14.2 Å². The fraction of sp³-hybridized carbons (Fsp3) is 0.120. The summed E-state index contributed by atoms with van der Waals surface area (Å²) in [6, 6.07) is 21.8. The average molecular weight is 424 g/mol. The number of methoxy groups -OCH3 is 2. The van der Waals surface area contributed by atoms with Crippen LogP contribution in [0.4, 0.5) is 0 Å². The van der Waals surface area contributed by atoms with E-state index >= 15 is 0 Å². The highest BCUT2D eigenvalue weighted by molar-refractivity contribution is 5.88. The molecule has 0 radical (unpaired) electrons. The molecule has 5 rings (SSSR count). The van der Waals surface area contributed by atoms with Gasteiger partial charge in [0.15, 0.2) is 0 Å². The monoisotopic (exact) mass is 424 g/mol. The lowest BCUT2D eigenvalue weighted by atomic mass is 9.81. The van der Waals surface area contributed by atoms with Gasteiger partial charge in [-0.3, -0.25) is 5.10 Å². The molecule has 1 aliphatic heterocycles. The van der Waals surface area contributed by atoms with Gasteiger partial charge in [-0.25, -0.2) is 0 Å². The molecule has 0 fully saturated rings. The van der Waals surface area contributed by atoms with Gasteiger partial charge in [-0.2, -0.15) is 5.26 Å². The quantitative estimate of drug-likeness (QED) is 0.501. The first kappa shape index (κ1) is 19.5. The lowest BCUT2D eigenvalue weighted by Gasteiger charge is -2.25. The van der Waals surface area contributed by atoms with Crippen molar-refractivity contribution in [2.75, 3.05) is 14.2 Å². The van der Waals surface area contributed by atoms with E-state index in [2.05, 4.69) is 16.3 Å². The van der Waals surface area contributed by atoms with Crippen LogP contribution in [0.1, 0.15) is 17.0 Å². The first-order valence-electron chi connectivity index (χ1n) is 10.0. The number of fused-ring (bicyclic) bond motifs is 2. The molecule has 158 valence electrons. The highest BCUT2D eigenvalue weighted by atomic mass is 16.5.